The van der Waals surface area contributed by atoms with E-state index in [1.54, 1.807) is 0 Å². The van der Waals surface area contributed by atoms with E-state index < -0.39 is 0 Å². The Labute approximate surface area is 159 Å². The summed E-state index contributed by atoms with van der Waals surface area (Å²) < 4.78 is 0. The highest BCUT2D eigenvalue weighted by Crippen LogP contribution is 2.34. The lowest BCUT2D eigenvalue weighted by molar-refractivity contribution is 0.460. The lowest BCUT2D eigenvalue weighted by Crippen LogP contribution is -2.26. The summed E-state index contributed by atoms with van der Waals surface area (Å²) in [5.74, 6) is 1.18. The van der Waals surface area contributed by atoms with Gasteiger partial charge in [0.2, 0.25) is 0 Å². The Morgan fingerprint density at radius 3 is 2.67 bits per heavy atom. The Hall–Kier alpha value is -2.86. The fraction of sp³-hybridized carbons (Fsp3) is 0.333. The van der Waals surface area contributed by atoms with Crippen molar-refractivity contribution in [2.24, 2.45) is 16.5 Å². The molecule has 0 bridgehead atoms. The van der Waals surface area contributed by atoms with Crippen LogP contribution in [-0.4, -0.2) is 29.0 Å². The first-order valence-corrected chi connectivity index (χ1v) is 9.57. The van der Waals surface area contributed by atoms with Crippen LogP contribution in [0.15, 0.2) is 41.5 Å². The van der Waals surface area contributed by atoms with Gasteiger partial charge in [-0.05, 0) is 73.7 Å². The molecule has 0 unspecified atom stereocenters. The molecular formula is C21H26N6. The van der Waals surface area contributed by atoms with Crippen LogP contribution in [0.3, 0.4) is 0 Å². The van der Waals surface area contributed by atoms with Crippen molar-refractivity contribution in [3.63, 3.8) is 0 Å². The van der Waals surface area contributed by atoms with E-state index in [0.717, 1.165) is 30.8 Å². The van der Waals surface area contributed by atoms with Crippen molar-refractivity contribution in [3.8, 4) is 11.3 Å². The van der Waals surface area contributed by atoms with Crippen LogP contribution in [0.1, 0.15) is 36.8 Å². The van der Waals surface area contributed by atoms with Crippen molar-refractivity contribution in [2.75, 3.05) is 13.1 Å². The number of rotatable bonds is 4. The van der Waals surface area contributed by atoms with E-state index >= 15 is 0 Å². The fourth-order valence-corrected chi connectivity index (χ4v) is 4.02. The largest absolute Gasteiger partial charge is 0.370 e. The monoisotopic (exact) mass is 362 g/mol. The summed E-state index contributed by atoms with van der Waals surface area (Å²) in [6, 6.07) is 10.7. The van der Waals surface area contributed by atoms with Gasteiger partial charge in [-0.3, -0.25) is 0 Å². The number of guanidine groups is 1. The van der Waals surface area contributed by atoms with Gasteiger partial charge in [0.25, 0.3) is 0 Å². The smallest absolute Gasteiger partial charge is 0.192 e. The Morgan fingerprint density at radius 1 is 1.19 bits per heavy atom. The minimum atomic E-state index is 0.0144. The lowest BCUT2D eigenvalue weighted by atomic mass is 9.89. The van der Waals surface area contributed by atoms with Crippen LogP contribution < -0.4 is 16.8 Å². The highest BCUT2D eigenvalue weighted by atomic mass is 15.0. The average Bonchev–Trinajstić information content (AvgIpc) is 3.06. The topological polar surface area (TPSA) is 105 Å². The minimum Gasteiger partial charge on any atom is -0.370 e. The Bertz CT molecular complexity index is 960. The average molecular weight is 362 g/mol. The van der Waals surface area contributed by atoms with Crippen LogP contribution in [0.4, 0.5) is 5.82 Å². The zero-order valence-electron chi connectivity index (χ0n) is 15.6. The molecule has 6 N–H and O–H groups in total. The van der Waals surface area contributed by atoms with Crippen molar-refractivity contribution < 1.29 is 0 Å². The number of H-pyrrole nitrogens is 1. The van der Waals surface area contributed by atoms with Gasteiger partial charge in [-0.15, -0.1) is 0 Å². The normalized spacial score (nSPS) is 15.1. The number of hydrogen-bond acceptors (Lipinski definition) is 3. The fourth-order valence-electron chi connectivity index (χ4n) is 4.02. The first kappa shape index (κ1) is 17.5. The maximum atomic E-state index is 5.42. The molecule has 0 aliphatic carbocycles. The van der Waals surface area contributed by atoms with E-state index in [-0.39, 0.29) is 5.96 Å². The van der Waals surface area contributed by atoms with Gasteiger partial charge in [0, 0.05) is 22.7 Å². The molecule has 0 radical (unpaired) electrons. The molecule has 3 aromatic rings. The molecule has 2 aromatic heterocycles. The number of aromatic amines is 1. The molecule has 3 heterocycles. The first-order chi connectivity index (χ1) is 13.2. The van der Waals surface area contributed by atoms with E-state index in [2.05, 4.69) is 45.4 Å². The number of nitrogens with one attached hydrogen (secondary N) is 2. The van der Waals surface area contributed by atoms with Crippen LogP contribution in [0.2, 0.25) is 0 Å². The second kappa shape index (κ2) is 7.40. The molecule has 6 nitrogen and oxygen atoms in total. The van der Waals surface area contributed by atoms with Crippen molar-refractivity contribution in [1.82, 2.24) is 15.3 Å². The summed E-state index contributed by atoms with van der Waals surface area (Å²) in [6.07, 6.45) is 5.20. The number of benzene rings is 1. The highest BCUT2D eigenvalue weighted by Gasteiger charge is 2.18. The van der Waals surface area contributed by atoms with E-state index in [0.29, 0.717) is 11.7 Å². The summed E-state index contributed by atoms with van der Waals surface area (Å²) in [7, 11) is 0. The van der Waals surface area contributed by atoms with Crippen LogP contribution in [0.5, 0.6) is 0 Å². The second-order valence-electron chi connectivity index (χ2n) is 7.10. The number of piperidine rings is 1. The SMILES string of the molecule is CCc1c(-c2ccc(N=C(N)N)nc2)[nH]c2ccc(C3CCNCC3)cc12. The number of nitrogens with zero attached hydrogens (tertiary/aromatic N) is 2. The summed E-state index contributed by atoms with van der Waals surface area (Å²) in [4.78, 5) is 11.9. The number of pyridine rings is 1. The van der Waals surface area contributed by atoms with E-state index in [9.17, 15) is 0 Å². The predicted octanol–water partition coefficient (Wildman–Crippen LogP) is 3.16. The molecule has 0 saturated carbocycles. The van der Waals surface area contributed by atoms with Gasteiger partial charge in [0.05, 0.1) is 5.69 Å². The number of aliphatic imine (C=N–C) groups is 1. The van der Waals surface area contributed by atoms with Gasteiger partial charge in [-0.25, -0.2) is 4.98 Å². The summed E-state index contributed by atoms with van der Waals surface area (Å²) in [5.41, 5.74) is 17.0. The molecule has 6 heteroatoms. The van der Waals surface area contributed by atoms with E-state index in [1.807, 2.05) is 18.3 Å². The molecule has 1 aliphatic rings. The molecular weight excluding hydrogens is 336 g/mol. The Balaban J connectivity index is 1.73. The molecule has 1 fully saturated rings. The van der Waals surface area contributed by atoms with E-state index in [4.69, 9.17) is 11.5 Å². The third-order valence-corrected chi connectivity index (χ3v) is 5.37. The van der Waals surface area contributed by atoms with Gasteiger partial charge in [-0.2, -0.15) is 4.99 Å². The van der Waals surface area contributed by atoms with Crippen LogP contribution >= 0.6 is 0 Å². The quantitative estimate of drug-likeness (QED) is 0.422. The standard InChI is InChI=1S/C21H26N6/c1-2-16-17-11-14(13-7-9-24-10-8-13)3-5-18(17)26-20(16)15-4-6-19(25-12-15)27-21(22)23/h3-6,11-13,24,26H,2,7-10H2,1H3,(H4,22,23,25,27). The van der Waals surface area contributed by atoms with Crippen molar-refractivity contribution in [1.29, 1.82) is 0 Å². The van der Waals surface area contributed by atoms with Gasteiger partial charge in [0.15, 0.2) is 11.8 Å². The molecule has 1 saturated heterocycles. The zero-order chi connectivity index (χ0) is 18.8. The number of aryl methyl sites for hydroxylation is 1. The Morgan fingerprint density at radius 2 is 2.00 bits per heavy atom. The third kappa shape index (κ3) is 3.53. The summed E-state index contributed by atoms with van der Waals surface area (Å²) in [6.45, 7) is 4.41. The Kier molecular flexibility index (Phi) is 4.81. The zero-order valence-corrected chi connectivity index (χ0v) is 15.6. The lowest BCUT2D eigenvalue weighted by Gasteiger charge is -2.23. The van der Waals surface area contributed by atoms with E-state index in [1.165, 1.54) is 34.9 Å². The molecule has 0 amide bonds. The molecule has 0 atom stereocenters. The number of fused-ring (bicyclic) bond motifs is 1. The van der Waals surface area contributed by atoms with Crippen molar-refractivity contribution >= 4 is 22.7 Å². The first-order valence-electron chi connectivity index (χ1n) is 9.57. The van der Waals surface area contributed by atoms with Crippen molar-refractivity contribution in [2.45, 2.75) is 32.1 Å². The molecule has 1 aromatic carbocycles. The molecule has 1 aliphatic heterocycles. The van der Waals surface area contributed by atoms with Crippen LogP contribution in [0, 0.1) is 0 Å². The minimum absolute atomic E-state index is 0.0144. The van der Waals surface area contributed by atoms with Gasteiger partial charge < -0.3 is 21.8 Å². The van der Waals surface area contributed by atoms with Crippen LogP contribution in [-0.2, 0) is 6.42 Å². The third-order valence-electron chi connectivity index (χ3n) is 5.37. The van der Waals surface area contributed by atoms with Crippen molar-refractivity contribution in [3.05, 3.63) is 47.7 Å². The second-order valence-corrected chi connectivity index (χ2v) is 7.10. The van der Waals surface area contributed by atoms with Crippen LogP contribution in [0.25, 0.3) is 22.2 Å². The van der Waals surface area contributed by atoms with Gasteiger partial charge in [0.1, 0.15) is 0 Å². The number of hydrogen-bond donors (Lipinski definition) is 4. The molecule has 27 heavy (non-hydrogen) atoms. The van der Waals surface area contributed by atoms with Gasteiger partial charge in [-0.1, -0.05) is 13.0 Å². The molecule has 140 valence electrons. The molecule has 0 spiro atoms. The summed E-state index contributed by atoms with van der Waals surface area (Å²) >= 11 is 0. The number of aromatic nitrogens is 2. The van der Waals surface area contributed by atoms with Gasteiger partial charge >= 0.3 is 0 Å². The predicted molar refractivity (Wildman–Crippen MR) is 111 cm³/mol. The highest BCUT2D eigenvalue weighted by molar-refractivity contribution is 5.91. The summed E-state index contributed by atoms with van der Waals surface area (Å²) in [5, 5.41) is 4.76. The maximum absolute atomic E-state index is 5.42. The number of nitrogens with two attached hydrogens (primary N) is 2. The maximum Gasteiger partial charge on any atom is 0.192 e. The molecule has 4 rings (SSSR count).